The van der Waals surface area contributed by atoms with E-state index in [1.54, 1.807) is 7.11 Å². The van der Waals surface area contributed by atoms with Crippen LogP contribution in [0.2, 0.25) is 5.02 Å². The van der Waals surface area contributed by atoms with Crippen LogP contribution in [0, 0.1) is 0 Å². The highest BCUT2D eigenvalue weighted by molar-refractivity contribution is 6.30. The van der Waals surface area contributed by atoms with Gasteiger partial charge in [-0.15, -0.1) is 0 Å². The van der Waals surface area contributed by atoms with Crippen LogP contribution in [0.15, 0.2) is 53.5 Å². The lowest BCUT2D eigenvalue weighted by Gasteiger charge is -2.13. The molecule has 0 aliphatic carbocycles. The Labute approximate surface area is 142 Å². The first-order chi connectivity index (χ1) is 11.1. The first-order valence-corrected chi connectivity index (χ1v) is 7.87. The Hall–Kier alpha value is -2.04. The number of aliphatic imine (C=N–C) groups is 1. The summed E-state index contributed by atoms with van der Waals surface area (Å²) in [6, 6.07) is 16.1. The van der Waals surface area contributed by atoms with Crippen LogP contribution in [-0.4, -0.2) is 25.7 Å². The van der Waals surface area contributed by atoms with E-state index in [4.69, 9.17) is 22.1 Å². The second-order valence-corrected chi connectivity index (χ2v) is 5.80. The Kier molecular flexibility index (Phi) is 6.44. The van der Waals surface area contributed by atoms with Crippen LogP contribution in [0.25, 0.3) is 11.1 Å². The lowest BCUT2D eigenvalue weighted by molar-refractivity contribution is 0.179. The van der Waals surface area contributed by atoms with E-state index in [2.05, 4.69) is 22.4 Å². The van der Waals surface area contributed by atoms with Gasteiger partial charge in [0, 0.05) is 18.2 Å². The predicted molar refractivity (Wildman–Crippen MR) is 96.7 cm³/mol. The number of ether oxygens (including phenoxy) is 1. The van der Waals surface area contributed by atoms with Crippen LogP contribution in [0.1, 0.15) is 12.5 Å². The zero-order valence-electron chi connectivity index (χ0n) is 13.4. The normalized spacial score (nSPS) is 12.9. The third-order valence-corrected chi connectivity index (χ3v) is 3.66. The first kappa shape index (κ1) is 17.3. The molecule has 0 heterocycles. The van der Waals surface area contributed by atoms with Crippen molar-refractivity contribution in [3.05, 3.63) is 59.1 Å². The molecule has 122 valence electrons. The number of nitrogens with one attached hydrogen (secondary N) is 1. The fourth-order valence-corrected chi connectivity index (χ4v) is 2.46. The van der Waals surface area contributed by atoms with Crippen LogP contribution in [-0.2, 0) is 11.3 Å². The van der Waals surface area contributed by atoms with E-state index in [0.29, 0.717) is 19.1 Å². The number of rotatable bonds is 6. The number of nitrogens with zero attached hydrogens (tertiary/aromatic N) is 1. The Bertz CT molecular complexity index is 656. The molecule has 0 saturated carbocycles. The van der Waals surface area contributed by atoms with Crippen LogP contribution in [0.3, 0.4) is 0 Å². The highest BCUT2D eigenvalue weighted by Gasteiger charge is 2.05. The SMILES string of the molecule is COCC(C)NC(N)=NCc1ccccc1-c1ccc(Cl)cc1. The summed E-state index contributed by atoms with van der Waals surface area (Å²) in [4.78, 5) is 4.42. The van der Waals surface area contributed by atoms with Gasteiger partial charge in [-0.05, 0) is 35.7 Å². The summed E-state index contributed by atoms with van der Waals surface area (Å²) < 4.78 is 5.07. The smallest absolute Gasteiger partial charge is 0.189 e. The Balaban J connectivity index is 2.13. The number of hydrogen-bond donors (Lipinski definition) is 2. The van der Waals surface area contributed by atoms with Gasteiger partial charge in [0.1, 0.15) is 0 Å². The van der Waals surface area contributed by atoms with Gasteiger partial charge in [-0.2, -0.15) is 0 Å². The molecule has 0 saturated heterocycles. The lowest BCUT2D eigenvalue weighted by Crippen LogP contribution is -2.40. The van der Waals surface area contributed by atoms with Crippen molar-refractivity contribution >= 4 is 17.6 Å². The Morgan fingerprint density at radius 3 is 2.61 bits per heavy atom. The maximum atomic E-state index is 5.96. The number of halogens is 1. The average Bonchev–Trinajstić information content (AvgIpc) is 2.54. The summed E-state index contributed by atoms with van der Waals surface area (Å²) in [5.41, 5.74) is 9.28. The molecule has 0 fully saturated rings. The lowest BCUT2D eigenvalue weighted by atomic mass is 10.00. The van der Waals surface area contributed by atoms with Gasteiger partial charge in [-0.25, -0.2) is 4.99 Å². The van der Waals surface area contributed by atoms with E-state index in [1.807, 2.05) is 43.3 Å². The fourth-order valence-electron chi connectivity index (χ4n) is 2.33. The van der Waals surface area contributed by atoms with Crippen LogP contribution < -0.4 is 11.1 Å². The molecule has 0 aromatic heterocycles. The van der Waals surface area contributed by atoms with Gasteiger partial charge >= 0.3 is 0 Å². The van der Waals surface area contributed by atoms with E-state index in [9.17, 15) is 0 Å². The number of methoxy groups -OCH3 is 1. The number of nitrogens with two attached hydrogens (primary N) is 1. The topological polar surface area (TPSA) is 59.6 Å². The zero-order valence-corrected chi connectivity index (χ0v) is 14.2. The largest absolute Gasteiger partial charge is 0.383 e. The van der Waals surface area contributed by atoms with Crippen molar-refractivity contribution < 1.29 is 4.74 Å². The number of guanidine groups is 1. The van der Waals surface area contributed by atoms with Crippen LogP contribution >= 0.6 is 11.6 Å². The van der Waals surface area contributed by atoms with Crippen molar-refractivity contribution in [1.29, 1.82) is 0 Å². The van der Waals surface area contributed by atoms with Crippen molar-refractivity contribution in [1.82, 2.24) is 5.32 Å². The van der Waals surface area contributed by atoms with Crippen molar-refractivity contribution in [2.24, 2.45) is 10.7 Å². The van der Waals surface area contributed by atoms with Gasteiger partial charge in [0.15, 0.2) is 5.96 Å². The molecule has 1 unspecified atom stereocenters. The van der Waals surface area contributed by atoms with Crippen LogP contribution in [0.4, 0.5) is 0 Å². The Morgan fingerprint density at radius 1 is 1.22 bits per heavy atom. The van der Waals surface area contributed by atoms with E-state index >= 15 is 0 Å². The van der Waals surface area contributed by atoms with Crippen molar-refractivity contribution in [3.63, 3.8) is 0 Å². The minimum Gasteiger partial charge on any atom is -0.383 e. The quantitative estimate of drug-likeness (QED) is 0.629. The summed E-state index contributed by atoms with van der Waals surface area (Å²) in [5.74, 6) is 0.417. The molecular weight excluding hydrogens is 310 g/mol. The van der Waals surface area contributed by atoms with E-state index in [-0.39, 0.29) is 6.04 Å². The summed E-state index contributed by atoms with van der Waals surface area (Å²) >= 11 is 5.96. The summed E-state index contributed by atoms with van der Waals surface area (Å²) in [6.07, 6.45) is 0. The average molecular weight is 332 g/mol. The van der Waals surface area contributed by atoms with Crippen molar-refractivity contribution in [2.45, 2.75) is 19.5 Å². The van der Waals surface area contributed by atoms with Gasteiger partial charge < -0.3 is 15.8 Å². The van der Waals surface area contributed by atoms with Gasteiger partial charge in [-0.1, -0.05) is 48.0 Å². The highest BCUT2D eigenvalue weighted by atomic mass is 35.5. The van der Waals surface area contributed by atoms with Crippen molar-refractivity contribution in [2.75, 3.05) is 13.7 Å². The van der Waals surface area contributed by atoms with Gasteiger partial charge in [0.25, 0.3) is 0 Å². The molecule has 2 aromatic rings. The van der Waals surface area contributed by atoms with Crippen molar-refractivity contribution in [3.8, 4) is 11.1 Å². The molecular formula is C18H22ClN3O. The maximum Gasteiger partial charge on any atom is 0.189 e. The molecule has 5 heteroatoms. The zero-order chi connectivity index (χ0) is 16.7. The second kappa shape index (κ2) is 8.56. The van der Waals surface area contributed by atoms with Gasteiger partial charge in [0.05, 0.1) is 13.2 Å². The van der Waals surface area contributed by atoms with E-state index in [0.717, 1.165) is 21.7 Å². The minimum atomic E-state index is 0.121. The molecule has 3 N–H and O–H groups in total. The molecule has 23 heavy (non-hydrogen) atoms. The van der Waals surface area contributed by atoms with E-state index < -0.39 is 0 Å². The molecule has 4 nitrogen and oxygen atoms in total. The monoisotopic (exact) mass is 331 g/mol. The maximum absolute atomic E-state index is 5.96. The number of benzene rings is 2. The standard InChI is InChI=1S/C18H22ClN3O/c1-13(12-23-2)22-18(20)21-11-15-5-3-4-6-17(15)14-7-9-16(19)10-8-14/h3-10,13H,11-12H2,1-2H3,(H3,20,21,22). The third-order valence-electron chi connectivity index (χ3n) is 3.40. The molecule has 2 rings (SSSR count). The second-order valence-electron chi connectivity index (χ2n) is 5.37. The summed E-state index contributed by atoms with van der Waals surface area (Å²) in [5, 5.41) is 3.83. The summed E-state index contributed by atoms with van der Waals surface area (Å²) in [7, 11) is 1.66. The molecule has 0 aliphatic heterocycles. The van der Waals surface area contributed by atoms with Gasteiger partial charge in [-0.3, -0.25) is 0 Å². The first-order valence-electron chi connectivity index (χ1n) is 7.49. The Morgan fingerprint density at radius 2 is 1.91 bits per heavy atom. The number of hydrogen-bond acceptors (Lipinski definition) is 2. The summed E-state index contributed by atoms with van der Waals surface area (Å²) in [6.45, 7) is 3.09. The molecule has 1 atom stereocenters. The van der Waals surface area contributed by atoms with Crippen LogP contribution in [0.5, 0.6) is 0 Å². The molecule has 2 aromatic carbocycles. The minimum absolute atomic E-state index is 0.121. The molecule has 0 amide bonds. The molecule has 0 aliphatic rings. The molecule has 0 radical (unpaired) electrons. The third kappa shape index (κ3) is 5.27. The van der Waals surface area contributed by atoms with Gasteiger partial charge in [0.2, 0.25) is 0 Å². The molecule has 0 spiro atoms. The predicted octanol–water partition coefficient (Wildman–Crippen LogP) is 3.45. The van der Waals surface area contributed by atoms with E-state index in [1.165, 1.54) is 0 Å². The highest BCUT2D eigenvalue weighted by Crippen LogP contribution is 2.25. The molecule has 0 bridgehead atoms. The fraction of sp³-hybridized carbons (Fsp3) is 0.278.